The monoisotopic (exact) mass is 461 g/mol. The summed E-state index contributed by atoms with van der Waals surface area (Å²) in [5.74, 6) is -2.33. The van der Waals surface area contributed by atoms with Gasteiger partial charge in [0.25, 0.3) is 0 Å². The summed E-state index contributed by atoms with van der Waals surface area (Å²) in [4.78, 5) is 28.3. The fraction of sp³-hybridized carbons (Fsp3) is 0.333. The number of phenolic OH excluding ortho intramolecular Hbond substituents is 1. The molecule has 3 aliphatic rings. The normalized spacial score (nSPS) is 26.6. The summed E-state index contributed by atoms with van der Waals surface area (Å²) in [6.45, 7) is 1.95. The average molecular weight is 461 g/mol. The van der Waals surface area contributed by atoms with Gasteiger partial charge in [-0.1, -0.05) is 42.8 Å². The van der Waals surface area contributed by atoms with E-state index in [0.29, 0.717) is 36.0 Å². The number of hydrogen-bond acceptors (Lipinski definition) is 7. The average Bonchev–Trinajstić information content (AvgIpc) is 3.08. The molecule has 2 amide bonds. The van der Waals surface area contributed by atoms with Gasteiger partial charge in [0.15, 0.2) is 0 Å². The first-order valence-corrected chi connectivity index (χ1v) is 11.5. The van der Waals surface area contributed by atoms with E-state index in [1.54, 1.807) is 36.4 Å². The number of rotatable bonds is 4. The SMILES string of the molecule is CCC1=C2B(O)O[C@H](c3ccccc3O)C[C@H]2[C@H]2C(=O)N(c3cccc(B(O)O)c3)C(=O)[C@H]2C1. The molecule has 4 atom stereocenters. The summed E-state index contributed by atoms with van der Waals surface area (Å²) >= 11 is 0. The van der Waals surface area contributed by atoms with Crippen LogP contribution in [0.25, 0.3) is 0 Å². The van der Waals surface area contributed by atoms with Crippen molar-refractivity contribution in [2.24, 2.45) is 17.8 Å². The lowest BCUT2D eigenvalue weighted by molar-refractivity contribution is -0.123. The highest BCUT2D eigenvalue weighted by Gasteiger charge is 2.58. The van der Waals surface area contributed by atoms with Gasteiger partial charge in [0.2, 0.25) is 11.8 Å². The van der Waals surface area contributed by atoms with Gasteiger partial charge in [-0.05, 0) is 54.3 Å². The third-order valence-corrected chi connectivity index (χ3v) is 7.35. The molecule has 0 saturated carbocycles. The number of amides is 2. The maximum atomic E-state index is 13.7. The zero-order valence-corrected chi connectivity index (χ0v) is 18.7. The van der Waals surface area contributed by atoms with Crippen molar-refractivity contribution in [2.45, 2.75) is 32.3 Å². The summed E-state index contributed by atoms with van der Waals surface area (Å²) < 4.78 is 5.89. The van der Waals surface area contributed by atoms with E-state index in [1.165, 1.54) is 12.1 Å². The smallest absolute Gasteiger partial charge is 0.488 e. The van der Waals surface area contributed by atoms with Crippen molar-refractivity contribution in [3.63, 3.8) is 0 Å². The van der Waals surface area contributed by atoms with Gasteiger partial charge in [-0.2, -0.15) is 0 Å². The number of carbonyl (C=O) groups is 2. The Morgan fingerprint density at radius 1 is 1.09 bits per heavy atom. The van der Waals surface area contributed by atoms with Gasteiger partial charge >= 0.3 is 14.2 Å². The quantitative estimate of drug-likeness (QED) is 0.397. The van der Waals surface area contributed by atoms with Crippen molar-refractivity contribution in [1.82, 2.24) is 0 Å². The Labute approximate surface area is 197 Å². The number of para-hydroxylation sites is 1. The number of benzene rings is 2. The van der Waals surface area contributed by atoms with Gasteiger partial charge in [-0.3, -0.25) is 14.5 Å². The number of imide groups is 1. The van der Waals surface area contributed by atoms with E-state index < -0.39 is 38.1 Å². The van der Waals surface area contributed by atoms with Gasteiger partial charge < -0.3 is 24.8 Å². The third kappa shape index (κ3) is 3.58. The maximum absolute atomic E-state index is 13.7. The van der Waals surface area contributed by atoms with Crippen LogP contribution in [0, 0.1) is 17.8 Å². The topological polar surface area (TPSA) is 128 Å². The lowest BCUT2D eigenvalue weighted by atomic mass is 9.55. The molecule has 0 bridgehead atoms. The number of allylic oxidation sites excluding steroid dienone is 2. The molecule has 10 heteroatoms. The molecule has 2 heterocycles. The second-order valence-corrected chi connectivity index (χ2v) is 9.11. The molecule has 0 aromatic heterocycles. The van der Waals surface area contributed by atoms with Crippen molar-refractivity contribution >= 4 is 37.2 Å². The number of hydrogen-bond donors (Lipinski definition) is 4. The van der Waals surface area contributed by atoms with E-state index in [9.17, 15) is 29.8 Å². The Balaban J connectivity index is 1.54. The largest absolute Gasteiger partial charge is 0.508 e. The third-order valence-electron chi connectivity index (χ3n) is 7.35. The summed E-state index contributed by atoms with van der Waals surface area (Å²) in [6, 6.07) is 12.8. The zero-order chi connectivity index (χ0) is 24.1. The number of carbonyl (C=O) groups excluding carboxylic acids is 2. The molecular formula is C24H25B2NO7. The molecule has 0 spiro atoms. The minimum atomic E-state index is -1.72. The van der Waals surface area contributed by atoms with Crippen LogP contribution < -0.4 is 10.4 Å². The van der Waals surface area contributed by atoms with Gasteiger partial charge in [0.05, 0.1) is 23.6 Å². The highest BCUT2D eigenvalue weighted by atomic mass is 16.5. The predicted molar refractivity (Wildman–Crippen MR) is 126 cm³/mol. The lowest BCUT2D eigenvalue weighted by Gasteiger charge is -2.42. The lowest BCUT2D eigenvalue weighted by Crippen LogP contribution is -2.44. The van der Waals surface area contributed by atoms with Crippen LogP contribution in [0.5, 0.6) is 5.75 Å². The Hall–Kier alpha value is -2.91. The fourth-order valence-corrected chi connectivity index (χ4v) is 5.79. The minimum Gasteiger partial charge on any atom is -0.508 e. The molecule has 0 unspecified atom stereocenters. The van der Waals surface area contributed by atoms with Gasteiger partial charge in [0, 0.05) is 5.56 Å². The van der Waals surface area contributed by atoms with E-state index in [-0.39, 0.29) is 23.0 Å². The molecule has 1 aliphatic carbocycles. The molecule has 2 aromatic carbocycles. The minimum absolute atomic E-state index is 0.0463. The maximum Gasteiger partial charge on any atom is 0.488 e. The molecule has 2 fully saturated rings. The molecule has 2 aromatic rings. The number of fused-ring (bicyclic) bond motifs is 3. The predicted octanol–water partition coefficient (Wildman–Crippen LogP) is 1.09. The standard InChI is InChI=1S/C24H25B2NO7/c1-2-13-10-18-21(24(30)27(23(18)29)15-7-5-6-14(11-15)25(31)32)17-12-20(34-26(33)22(13)17)16-8-3-4-9-19(16)28/h3-9,11,17-18,20-21,28,31-33H,2,10,12H2,1H3/t17-,18-,20-,21+/m0/s1. The molecule has 5 rings (SSSR count). The Morgan fingerprint density at radius 2 is 1.85 bits per heavy atom. The first-order valence-electron chi connectivity index (χ1n) is 11.5. The molecular weight excluding hydrogens is 436 g/mol. The van der Waals surface area contributed by atoms with Crippen LogP contribution in [0.4, 0.5) is 5.69 Å². The second kappa shape index (κ2) is 8.70. The van der Waals surface area contributed by atoms with Crippen molar-refractivity contribution in [3.8, 4) is 5.75 Å². The summed E-state index contributed by atoms with van der Waals surface area (Å²) in [7, 11) is -2.95. The van der Waals surface area contributed by atoms with Crippen molar-refractivity contribution < 1.29 is 34.4 Å². The highest BCUT2D eigenvalue weighted by molar-refractivity contribution is 6.58. The Kier molecular flexibility index (Phi) is 5.85. The van der Waals surface area contributed by atoms with Crippen molar-refractivity contribution in [1.29, 1.82) is 0 Å². The summed E-state index contributed by atoms with van der Waals surface area (Å²) in [5, 5.41) is 40.4. The van der Waals surface area contributed by atoms with Gasteiger partial charge in [-0.25, -0.2) is 0 Å². The van der Waals surface area contributed by atoms with Crippen LogP contribution in [0.1, 0.15) is 37.9 Å². The second-order valence-electron chi connectivity index (χ2n) is 9.11. The van der Waals surface area contributed by atoms with Crippen LogP contribution in [0.2, 0.25) is 0 Å². The van der Waals surface area contributed by atoms with Crippen LogP contribution in [0.15, 0.2) is 59.6 Å². The van der Waals surface area contributed by atoms with E-state index in [1.807, 2.05) is 6.92 Å². The van der Waals surface area contributed by atoms with E-state index in [2.05, 4.69) is 0 Å². The zero-order valence-electron chi connectivity index (χ0n) is 18.7. The van der Waals surface area contributed by atoms with Crippen LogP contribution >= 0.6 is 0 Å². The summed E-state index contributed by atoms with van der Waals surface area (Å²) in [6.07, 6.45) is 0.686. The molecule has 8 nitrogen and oxygen atoms in total. The molecule has 0 radical (unpaired) electrons. The number of anilines is 1. The first-order chi connectivity index (χ1) is 16.3. The highest BCUT2D eigenvalue weighted by Crippen LogP contribution is 2.53. The molecule has 34 heavy (non-hydrogen) atoms. The van der Waals surface area contributed by atoms with Crippen molar-refractivity contribution in [3.05, 3.63) is 65.1 Å². The van der Waals surface area contributed by atoms with Crippen LogP contribution in [-0.4, -0.2) is 46.2 Å². The molecule has 2 aliphatic heterocycles. The van der Waals surface area contributed by atoms with E-state index >= 15 is 0 Å². The van der Waals surface area contributed by atoms with E-state index in [0.717, 1.165) is 10.5 Å². The Morgan fingerprint density at radius 3 is 2.56 bits per heavy atom. The first kappa shape index (κ1) is 22.9. The van der Waals surface area contributed by atoms with E-state index in [4.69, 9.17) is 4.65 Å². The van der Waals surface area contributed by atoms with Crippen LogP contribution in [0.3, 0.4) is 0 Å². The van der Waals surface area contributed by atoms with Crippen LogP contribution in [-0.2, 0) is 14.2 Å². The fourth-order valence-electron chi connectivity index (χ4n) is 5.79. The molecule has 2 saturated heterocycles. The van der Waals surface area contributed by atoms with Crippen molar-refractivity contribution in [2.75, 3.05) is 4.90 Å². The van der Waals surface area contributed by atoms with Gasteiger partial charge in [0.1, 0.15) is 5.75 Å². The summed E-state index contributed by atoms with van der Waals surface area (Å²) in [5.41, 5.74) is 2.58. The number of aromatic hydroxyl groups is 1. The number of nitrogens with zero attached hydrogens (tertiary/aromatic N) is 1. The molecule has 4 N–H and O–H groups in total. The Bertz CT molecular complexity index is 1180. The van der Waals surface area contributed by atoms with Gasteiger partial charge in [-0.15, -0.1) is 0 Å². The number of phenols is 1. The molecule has 174 valence electrons.